The monoisotopic (exact) mass is 397 g/mol. The van der Waals surface area contributed by atoms with E-state index in [0.717, 1.165) is 36.9 Å². The topological polar surface area (TPSA) is 72.7 Å². The van der Waals surface area contributed by atoms with Gasteiger partial charge in [-0.25, -0.2) is 15.0 Å². The van der Waals surface area contributed by atoms with Crippen molar-refractivity contribution in [2.75, 3.05) is 0 Å². The van der Waals surface area contributed by atoms with E-state index >= 15 is 0 Å². The second-order valence-electron chi connectivity index (χ2n) is 7.93. The first-order valence-corrected chi connectivity index (χ1v) is 10.3. The molecule has 30 heavy (non-hydrogen) atoms. The van der Waals surface area contributed by atoms with Gasteiger partial charge >= 0.3 is 0 Å². The first kappa shape index (κ1) is 18.5. The van der Waals surface area contributed by atoms with Crippen molar-refractivity contribution in [3.8, 4) is 5.69 Å². The van der Waals surface area contributed by atoms with Crippen molar-refractivity contribution >= 4 is 17.1 Å². The van der Waals surface area contributed by atoms with Gasteiger partial charge in [-0.3, -0.25) is 9.36 Å². The Bertz CT molecular complexity index is 1210. The van der Waals surface area contributed by atoms with E-state index in [1.807, 2.05) is 47.9 Å². The molecule has 1 fully saturated rings. The number of carbonyl (C=O) groups is 1. The number of aryl methyl sites for hydroxylation is 1. The maximum atomic E-state index is 13.6. The number of fused-ring (bicyclic) bond motifs is 1. The number of amides is 1. The number of hydrogen-bond donors (Lipinski definition) is 1. The standard InChI is InChI=1S/C24H23N5O/c1-17-8-7-11-19(21(17)29-16-27-20-14-25-15-26-22(20)29)23(30)28-24(12-5-6-13-24)18-9-3-2-4-10-18/h2-4,7-11,14-16H,5-6,12-13H2,1H3,(H,28,30). The molecule has 0 radical (unpaired) electrons. The molecule has 1 N–H and O–H groups in total. The summed E-state index contributed by atoms with van der Waals surface area (Å²) in [6.07, 6.45) is 9.01. The lowest BCUT2D eigenvalue weighted by molar-refractivity contribution is 0.0898. The molecule has 1 amide bonds. The van der Waals surface area contributed by atoms with Gasteiger partial charge in [-0.1, -0.05) is 55.3 Å². The second kappa shape index (κ2) is 7.37. The summed E-state index contributed by atoms with van der Waals surface area (Å²) in [4.78, 5) is 26.4. The molecule has 0 spiro atoms. The summed E-state index contributed by atoms with van der Waals surface area (Å²) in [6, 6.07) is 16.1. The van der Waals surface area contributed by atoms with Crippen molar-refractivity contribution in [1.29, 1.82) is 0 Å². The van der Waals surface area contributed by atoms with Gasteiger partial charge in [-0.2, -0.15) is 0 Å². The molecule has 0 aliphatic heterocycles. The van der Waals surface area contributed by atoms with Crippen LogP contribution in [0.1, 0.15) is 47.2 Å². The summed E-state index contributed by atoms with van der Waals surface area (Å²) in [6.45, 7) is 2.00. The van der Waals surface area contributed by atoms with E-state index in [-0.39, 0.29) is 11.4 Å². The van der Waals surface area contributed by atoms with Crippen molar-refractivity contribution in [3.05, 3.63) is 84.1 Å². The summed E-state index contributed by atoms with van der Waals surface area (Å²) in [5.41, 5.74) is 4.65. The number of rotatable bonds is 4. The molecule has 6 nitrogen and oxygen atoms in total. The highest BCUT2D eigenvalue weighted by molar-refractivity contribution is 5.99. The highest BCUT2D eigenvalue weighted by Crippen LogP contribution is 2.39. The molecule has 0 atom stereocenters. The van der Waals surface area contributed by atoms with Crippen molar-refractivity contribution in [2.24, 2.45) is 0 Å². The van der Waals surface area contributed by atoms with Gasteiger partial charge in [0.1, 0.15) is 18.2 Å². The summed E-state index contributed by atoms with van der Waals surface area (Å²) >= 11 is 0. The van der Waals surface area contributed by atoms with Gasteiger partial charge < -0.3 is 5.32 Å². The summed E-state index contributed by atoms with van der Waals surface area (Å²) in [7, 11) is 0. The maximum absolute atomic E-state index is 13.6. The molecule has 150 valence electrons. The minimum absolute atomic E-state index is 0.0737. The number of aromatic nitrogens is 4. The zero-order chi connectivity index (χ0) is 20.6. The quantitative estimate of drug-likeness (QED) is 0.556. The van der Waals surface area contributed by atoms with Crippen molar-refractivity contribution in [3.63, 3.8) is 0 Å². The third kappa shape index (κ3) is 3.05. The molecule has 2 aromatic heterocycles. The fourth-order valence-electron chi connectivity index (χ4n) is 4.60. The molecule has 0 unspecified atom stereocenters. The molecule has 0 saturated heterocycles. The van der Waals surface area contributed by atoms with Gasteiger partial charge in [0, 0.05) is 0 Å². The lowest BCUT2D eigenvalue weighted by Crippen LogP contribution is -2.44. The van der Waals surface area contributed by atoms with Crippen LogP contribution >= 0.6 is 0 Å². The average molecular weight is 397 g/mol. The van der Waals surface area contributed by atoms with E-state index in [1.54, 1.807) is 12.5 Å². The van der Waals surface area contributed by atoms with Crippen molar-refractivity contribution in [2.45, 2.75) is 38.1 Å². The molecule has 1 aliphatic rings. The van der Waals surface area contributed by atoms with Crippen LogP contribution in [0.25, 0.3) is 16.9 Å². The van der Waals surface area contributed by atoms with E-state index < -0.39 is 0 Å². The van der Waals surface area contributed by atoms with E-state index in [1.165, 1.54) is 11.9 Å². The lowest BCUT2D eigenvalue weighted by atomic mass is 9.87. The molecular formula is C24H23N5O. The molecule has 1 saturated carbocycles. The Labute approximate surface area is 175 Å². The number of benzene rings is 2. The third-order valence-electron chi connectivity index (χ3n) is 6.07. The van der Waals surface area contributed by atoms with Crippen LogP contribution in [0.2, 0.25) is 0 Å². The highest BCUT2D eigenvalue weighted by atomic mass is 16.1. The van der Waals surface area contributed by atoms with E-state index in [0.29, 0.717) is 16.7 Å². The fourth-order valence-corrected chi connectivity index (χ4v) is 4.60. The average Bonchev–Trinajstić information content (AvgIpc) is 3.42. The molecule has 2 heterocycles. The molecular weight excluding hydrogens is 374 g/mol. The Balaban J connectivity index is 1.58. The maximum Gasteiger partial charge on any atom is 0.254 e. The van der Waals surface area contributed by atoms with Gasteiger partial charge in [0.15, 0.2) is 5.65 Å². The molecule has 6 heteroatoms. The smallest absolute Gasteiger partial charge is 0.254 e. The SMILES string of the molecule is Cc1cccc(C(=O)NC2(c3ccccc3)CCCC2)c1-n1cnc2cncnc21. The Morgan fingerprint density at radius 3 is 2.63 bits per heavy atom. The fraction of sp³-hybridized carbons (Fsp3) is 0.250. The van der Waals surface area contributed by atoms with E-state index in [4.69, 9.17) is 0 Å². The van der Waals surface area contributed by atoms with E-state index in [9.17, 15) is 4.79 Å². The van der Waals surface area contributed by atoms with E-state index in [2.05, 4.69) is 32.4 Å². The minimum atomic E-state index is -0.321. The van der Waals surface area contributed by atoms with Gasteiger partial charge in [0.2, 0.25) is 0 Å². The number of para-hydroxylation sites is 1. The van der Waals surface area contributed by atoms with Gasteiger partial charge in [0.25, 0.3) is 5.91 Å². The normalized spacial score (nSPS) is 15.4. The Kier molecular flexibility index (Phi) is 4.54. The first-order valence-electron chi connectivity index (χ1n) is 10.3. The zero-order valence-electron chi connectivity index (χ0n) is 16.9. The summed E-state index contributed by atoms with van der Waals surface area (Å²) in [5, 5.41) is 3.40. The molecule has 2 aromatic carbocycles. The number of hydrogen-bond acceptors (Lipinski definition) is 4. The number of nitrogens with one attached hydrogen (secondary N) is 1. The van der Waals surface area contributed by atoms with Crippen LogP contribution in [0.5, 0.6) is 0 Å². The minimum Gasteiger partial charge on any atom is -0.342 e. The molecule has 0 bridgehead atoms. The predicted molar refractivity (Wildman–Crippen MR) is 115 cm³/mol. The highest BCUT2D eigenvalue weighted by Gasteiger charge is 2.37. The lowest BCUT2D eigenvalue weighted by Gasteiger charge is -2.31. The van der Waals surface area contributed by atoms with Crippen LogP contribution < -0.4 is 5.32 Å². The van der Waals surface area contributed by atoms with Crippen LogP contribution in [0.4, 0.5) is 0 Å². The zero-order valence-corrected chi connectivity index (χ0v) is 16.9. The third-order valence-corrected chi connectivity index (χ3v) is 6.07. The summed E-state index contributed by atoms with van der Waals surface area (Å²) < 4.78 is 1.88. The molecule has 1 aliphatic carbocycles. The van der Waals surface area contributed by atoms with Crippen LogP contribution in [0, 0.1) is 6.92 Å². The molecule has 4 aromatic rings. The van der Waals surface area contributed by atoms with Crippen LogP contribution in [0.3, 0.4) is 0 Å². The summed E-state index contributed by atoms with van der Waals surface area (Å²) in [5.74, 6) is -0.0737. The van der Waals surface area contributed by atoms with Crippen molar-refractivity contribution < 1.29 is 4.79 Å². The van der Waals surface area contributed by atoms with Crippen LogP contribution in [0.15, 0.2) is 67.4 Å². The Morgan fingerprint density at radius 1 is 1.03 bits per heavy atom. The first-order chi connectivity index (χ1) is 14.7. The second-order valence-corrected chi connectivity index (χ2v) is 7.93. The number of carbonyl (C=O) groups excluding carboxylic acids is 1. The predicted octanol–water partition coefficient (Wildman–Crippen LogP) is 4.32. The van der Waals surface area contributed by atoms with Crippen LogP contribution in [-0.2, 0) is 5.54 Å². The van der Waals surface area contributed by atoms with Crippen LogP contribution in [-0.4, -0.2) is 25.4 Å². The van der Waals surface area contributed by atoms with Gasteiger partial charge in [0.05, 0.1) is 23.0 Å². The number of imidazole rings is 1. The molecule has 5 rings (SSSR count). The van der Waals surface area contributed by atoms with Gasteiger partial charge in [-0.05, 0) is 37.0 Å². The largest absolute Gasteiger partial charge is 0.342 e. The Hall–Kier alpha value is -3.54. The number of nitrogens with zero attached hydrogens (tertiary/aromatic N) is 4. The van der Waals surface area contributed by atoms with Crippen molar-refractivity contribution in [1.82, 2.24) is 24.8 Å². The Morgan fingerprint density at radius 2 is 1.83 bits per heavy atom. The van der Waals surface area contributed by atoms with Gasteiger partial charge in [-0.15, -0.1) is 0 Å².